The van der Waals surface area contributed by atoms with Crippen LogP contribution >= 0.6 is 0 Å². The average molecular weight is 1570 g/mol. The summed E-state index contributed by atoms with van der Waals surface area (Å²) < 4.78 is 7.11. The summed E-state index contributed by atoms with van der Waals surface area (Å²) in [4.78, 5) is 11.6. The Labute approximate surface area is 711 Å². The zero-order valence-corrected chi connectivity index (χ0v) is 67.9. The molecule has 0 atom stereocenters. The number of benzene rings is 18. The second kappa shape index (κ2) is 32.7. The largest absolute Gasteiger partial charge is 0.311 e. The smallest absolute Gasteiger partial charge is 0.0541 e. The molecule has 582 valence electrons. The molecule has 3 aromatic heterocycles. The molecule has 0 aliphatic rings. The van der Waals surface area contributed by atoms with Crippen LogP contribution < -0.4 is 24.5 Å². The van der Waals surface area contributed by atoms with Gasteiger partial charge in [-0.15, -0.1) is 0 Å². The molecule has 21 aromatic rings. The quantitative estimate of drug-likeness (QED) is 0.0759. The third kappa shape index (κ3) is 14.2. The highest BCUT2D eigenvalue weighted by Gasteiger charge is 2.24. The highest BCUT2D eigenvalue weighted by atomic mass is 15.2. The minimum atomic E-state index is 1.04. The molecule has 0 saturated heterocycles. The summed E-state index contributed by atoms with van der Waals surface area (Å²) in [6.07, 6.45) is 3.79. The van der Waals surface area contributed by atoms with Crippen molar-refractivity contribution in [3.8, 4) is 17.1 Å². The number of aryl methyl sites for hydroxylation is 2. The molecule has 0 saturated carbocycles. The van der Waals surface area contributed by atoms with Crippen molar-refractivity contribution in [3.63, 3.8) is 0 Å². The molecule has 21 rings (SSSR count). The zero-order valence-electron chi connectivity index (χ0n) is 67.9. The fourth-order valence-corrected chi connectivity index (χ4v) is 17.6. The summed E-state index contributed by atoms with van der Waals surface area (Å²) in [5.41, 5.74) is 31.3. The fourth-order valence-electron chi connectivity index (χ4n) is 17.6. The van der Waals surface area contributed by atoms with Gasteiger partial charge in [0.25, 0.3) is 0 Å². The van der Waals surface area contributed by atoms with Crippen molar-refractivity contribution in [2.45, 2.75) is 13.8 Å². The molecule has 0 aliphatic carbocycles. The highest BCUT2D eigenvalue weighted by molar-refractivity contribution is 6.12. The van der Waals surface area contributed by atoms with Crippen LogP contribution in [0.3, 0.4) is 0 Å². The molecule has 0 spiro atoms. The lowest BCUT2D eigenvalue weighted by molar-refractivity contribution is 1.16. The molecule has 122 heavy (non-hydrogen) atoms. The van der Waals surface area contributed by atoms with Gasteiger partial charge in [-0.1, -0.05) is 213 Å². The first-order chi connectivity index (χ1) is 60.2. The van der Waals surface area contributed by atoms with Crippen LogP contribution in [0.4, 0.5) is 85.3 Å². The molecule has 8 nitrogen and oxygen atoms in total. The summed E-state index contributed by atoms with van der Waals surface area (Å²) in [7, 11) is 0. The lowest BCUT2D eigenvalue weighted by Gasteiger charge is -2.30. The Morgan fingerprint density at radius 1 is 0.172 bits per heavy atom. The normalized spacial score (nSPS) is 11.3. The zero-order chi connectivity index (χ0) is 82.0. The van der Waals surface area contributed by atoms with Crippen molar-refractivity contribution in [1.29, 1.82) is 0 Å². The van der Waals surface area contributed by atoms with Crippen molar-refractivity contribution < 1.29 is 0 Å². The molecule has 3 heterocycles. The Balaban J connectivity index is 0.000000155. The van der Waals surface area contributed by atoms with E-state index >= 15 is 0 Å². The first kappa shape index (κ1) is 74.6. The van der Waals surface area contributed by atoms with Crippen molar-refractivity contribution in [2.24, 2.45) is 0 Å². The Hall–Kier alpha value is -16.2. The number of rotatable bonds is 20. The summed E-state index contributed by atoms with van der Waals surface area (Å²) in [5.74, 6) is 0. The maximum absolute atomic E-state index is 4.03. The van der Waals surface area contributed by atoms with Crippen molar-refractivity contribution in [2.75, 3.05) is 24.5 Å². The SMILES string of the molecule is C=Cc1ccc(N(c2ccccc2)c2ccc(N(c3ccc(N(c4ccccc4)c4cccc(C)c4)cc3)c3ccc(N(c4ccccc4)c4cccc(C)c4)cc3)cc2)cc1.C=Cc1ccc2c(c1)c1ccccc1n2-c1ccc(N(c2ccc(-n3c4ccccc4c4ccccc43)cc2)c2ccc(-n3c4ccccc4c4ccccc43)cc2)cc1. The van der Waals surface area contributed by atoms with E-state index in [9.17, 15) is 0 Å². The van der Waals surface area contributed by atoms with E-state index in [0.717, 1.165) is 113 Å². The maximum atomic E-state index is 4.03. The Bertz CT molecular complexity index is 6940. The summed E-state index contributed by atoms with van der Waals surface area (Å²) in [6.45, 7) is 12.3. The predicted octanol–water partition coefficient (Wildman–Crippen LogP) is 31.9. The molecule has 0 amide bonds. The van der Waals surface area contributed by atoms with Gasteiger partial charge in [-0.2, -0.15) is 0 Å². The van der Waals surface area contributed by atoms with Gasteiger partial charge >= 0.3 is 0 Å². The number of aromatic nitrogens is 3. The van der Waals surface area contributed by atoms with E-state index in [1.807, 2.05) is 12.2 Å². The van der Waals surface area contributed by atoms with Crippen molar-refractivity contribution in [1.82, 2.24) is 13.7 Å². The predicted molar refractivity (Wildman–Crippen MR) is 519 cm³/mol. The summed E-state index contributed by atoms with van der Waals surface area (Å²) in [6, 6.07) is 161. The highest BCUT2D eigenvalue weighted by Crippen LogP contribution is 2.46. The molecule has 0 radical (unpaired) electrons. The minimum Gasteiger partial charge on any atom is -0.311 e. The molecule has 0 N–H and O–H groups in total. The third-order valence-corrected chi connectivity index (χ3v) is 23.2. The maximum Gasteiger partial charge on any atom is 0.0541 e. The van der Waals surface area contributed by atoms with Crippen LogP contribution in [0.1, 0.15) is 22.3 Å². The number of para-hydroxylation sites is 8. The second-order valence-electron chi connectivity index (χ2n) is 30.8. The Morgan fingerprint density at radius 2 is 0.377 bits per heavy atom. The van der Waals surface area contributed by atoms with Gasteiger partial charge in [-0.05, 0) is 297 Å². The molecule has 0 fully saturated rings. The van der Waals surface area contributed by atoms with Crippen LogP contribution in [0, 0.1) is 13.8 Å². The van der Waals surface area contributed by atoms with E-state index in [4.69, 9.17) is 0 Å². The third-order valence-electron chi connectivity index (χ3n) is 23.2. The molecule has 18 aromatic carbocycles. The van der Waals surface area contributed by atoms with Crippen LogP contribution in [0.15, 0.2) is 462 Å². The Kier molecular flexibility index (Phi) is 20.0. The molecule has 0 bridgehead atoms. The van der Waals surface area contributed by atoms with E-state index in [-0.39, 0.29) is 0 Å². The van der Waals surface area contributed by atoms with Crippen molar-refractivity contribution >= 4 is 163 Å². The fraction of sp³-hybridized carbons (Fsp3) is 0.0175. The number of hydrogen-bond acceptors (Lipinski definition) is 5. The first-order valence-corrected chi connectivity index (χ1v) is 41.5. The molecular weight excluding hydrogens is 1480 g/mol. The first-order valence-electron chi connectivity index (χ1n) is 41.5. The average Bonchev–Trinajstić information content (AvgIpc) is 1.60. The van der Waals surface area contributed by atoms with Gasteiger partial charge in [-0.25, -0.2) is 0 Å². The number of hydrogen-bond donors (Lipinski definition) is 0. The van der Waals surface area contributed by atoms with Crippen LogP contribution in [0.2, 0.25) is 0 Å². The van der Waals surface area contributed by atoms with Crippen LogP contribution in [0.5, 0.6) is 0 Å². The molecule has 0 unspecified atom stereocenters. The van der Waals surface area contributed by atoms with E-state index in [1.165, 1.54) is 76.5 Å². The lowest BCUT2D eigenvalue weighted by Crippen LogP contribution is -2.14. The van der Waals surface area contributed by atoms with E-state index in [2.05, 4.69) is 514 Å². The van der Waals surface area contributed by atoms with Gasteiger partial charge in [0.05, 0.1) is 33.1 Å². The van der Waals surface area contributed by atoms with Gasteiger partial charge in [-0.3, -0.25) is 0 Å². The van der Waals surface area contributed by atoms with E-state index < -0.39 is 0 Å². The van der Waals surface area contributed by atoms with Gasteiger partial charge in [0.15, 0.2) is 0 Å². The summed E-state index contributed by atoms with van der Waals surface area (Å²) >= 11 is 0. The lowest BCUT2D eigenvalue weighted by atomic mass is 10.1. The van der Waals surface area contributed by atoms with Crippen molar-refractivity contribution in [3.05, 3.63) is 484 Å². The van der Waals surface area contributed by atoms with E-state index in [0.29, 0.717) is 0 Å². The van der Waals surface area contributed by atoms with Gasteiger partial charge < -0.3 is 38.2 Å². The number of fused-ring (bicyclic) bond motifs is 9. The number of anilines is 15. The summed E-state index contributed by atoms with van der Waals surface area (Å²) in [5, 5.41) is 7.48. The van der Waals surface area contributed by atoms with Crippen LogP contribution in [-0.2, 0) is 0 Å². The molecular formula is C114H86N8. The van der Waals surface area contributed by atoms with Gasteiger partial charge in [0.2, 0.25) is 0 Å². The minimum absolute atomic E-state index is 1.04. The van der Waals surface area contributed by atoms with Gasteiger partial charge in [0.1, 0.15) is 0 Å². The molecule has 0 aliphatic heterocycles. The van der Waals surface area contributed by atoms with E-state index in [1.54, 1.807) is 0 Å². The van der Waals surface area contributed by atoms with Crippen LogP contribution in [-0.4, -0.2) is 13.7 Å². The standard InChI is InChI=1S/C58H48N4.C56H38N4/c1-4-46-26-28-50(29-27-46)59(47-18-8-5-9-19-47)51-30-32-52(33-31-51)60(53-34-38-55(39-35-53)61(48-20-10-6-11-21-48)57-24-14-16-44(2)42-57)54-36-40-56(41-37-54)62(49-22-12-7-13-23-49)58-25-15-17-45(3)43-58;1-2-38-23-36-56-50(37-38)49-17-7-12-22-55(49)60(56)44-34-28-41(29-35-44)57(39-24-30-42(31-25-39)58-51-18-8-3-13-45(51)46-14-4-9-19-52(46)58)40-26-32-43(33-27-40)59-53-20-10-5-15-47(53)48-16-6-11-21-54(48)59/h4-43H,1H2,2-3H3;2-37H,1H2. The number of nitrogens with zero attached hydrogens (tertiary/aromatic N) is 8. The molecule has 8 heteroatoms. The monoisotopic (exact) mass is 1570 g/mol. The topological polar surface area (TPSA) is 31.0 Å². The van der Waals surface area contributed by atoms with Gasteiger partial charge in [0, 0.05) is 135 Å². The Morgan fingerprint density at radius 3 is 0.648 bits per heavy atom. The van der Waals surface area contributed by atoms with Crippen LogP contribution in [0.25, 0.3) is 94.6 Å². The second-order valence-corrected chi connectivity index (χ2v) is 30.8.